The molecule has 23 rings (SSSR count). The van der Waals surface area contributed by atoms with E-state index in [1.807, 2.05) is 24.3 Å². The quantitative estimate of drug-likeness (QED) is 0.134. The number of aromatic nitrogens is 2. The van der Waals surface area contributed by atoms with Crippen molar-refractivity contribution in [3.8, 4) is 89.3 Å². The number of rotatable bonds is 9. The molecule has 0 N–H and O–H groups in total. The van der Waals surface area contributed by atoms with Crippen molar-refractivity contribution in [3.63, 3.8) is 0 Å². The lowest BCUT2D eigenvalue weighted by molar-refractivity contribution is 0.590. The zero-order chi connectivity index (χ0) is 94.5. The summed E-state index contributed by atoms with van der Waals surface area (Å²) < 4.78 is 84.2. The summed E-state index contributed by atoms with van der Waals surface area (Å²) in [6.07, 6.45) is 0. The number of anilines is 6. The zero-order valence-corrected chi connectivity index (χ0v) is 75.4. The molecule has 2 aliphatic heterocycles. The van der Waals surface area contributed by atoms with Crippen molar-refractivity contribution in [1.29, 1.82) is 0 Å². The number of hydrogen-bond acceptors (Lipinski definition) is 2. The third kappa shape index (κ3) is 12.1. The van der Waals surface area contributed by atoms with E-state index in [-0.39, 0.29) is 73.5 Å². The Hall–Kier alpha value is -14.0. The molecule has 2 aromatic heterocycles. The molecule has 620 valence electrons. The van der Waals surface area contributed by atoms with Crippen LogP contribution in [-0.2, 0) is 32.5 Å². The second kappa shape index (κ2) is 28.5. The average Bonchev–Trinajstić information content (AvgIpc) is 1.47. The Balaban J connectivity index is 0.922. The molecule has 0 amide bonds. The molecule has 0 saturated carbocycles. The van der Waals surface area contributed by atoms with Crippen molar-refractivity contribution < 1.29 is 11.0 Å². The highest BCUT2D eigenvalue weighted by atomic mass is 15.2. The topological polar surface area (TPSA) is 16.3 Å². The predicted molar refractivity (Wildman–Crippen MR) is 546 cm³/mol. The molecule has 5 heteroatoms. The van der Waals surface area contributed by atoms with Crippen LogP contribution in [0.15, 0.2) is 364 Å². The number of fused-ring (bicyclic) bond motifs is 20. The lowest BCUT2D eigenvalue weighted by Gasteiger charge is -2.46. The fourth-order valence-electron chi connectivity index (χ4n) is 21.6. The molecule has 17 aromatic carbocycles. The van der Waals surface area contributed by atoms with Crippen LogP contribution >= 0.6 is 0 Å². The Morgan fingerprint density at radius 2 is 0.688 bits per heavy atom. The average molecular weight is 1660 g/mol. The van der Waals surface area contributed by atoms with E-state index in [4.69, 9.17) is 0 Å². The molecule has 19 aromatic rings. The molecule has 128 heavy (non-hydrogen) atoms. The molecule has 0 atom stereocenters. The summed E-state index contributed by atoms with van der Waals surface area (Å²) in [7, 11) is 0. The molecular formula is C123H105BN4. The van der Waals surface area contributed by atoms with Crippen LogP contribution in [0.4, 0.5) is 34.1 Å². The molecule has 4 nitrogen and oxygen atoms in total. The van der Waals surface area contributed by atoms with Crippen LogP contribution in [0.2, 0.25) is 0 Å². The summed E-state index contributed by atoms with van der Waals surface area (Å²) in [6, 6.07) is 114. The molecule has 4 aliphatic rings. The summed E-state index contributed by atoms with van der Waals surface area (Å²) >= 11 is 0. The van der Waals surface area contributed by atoms with Crippen LogP contribution in [0, 0.1) is 0 Å². The Morgan fingerprint density at radius 3 is 1.24 bits per heavy atom. The summed E-state index contributed by atoms with van der Waals surface area (Å²) in [5.74, 6) is 0. The normalized spacial score (nSPS) is 14.6. The third-order valence-corrected chi connectivity index (χ3v) is 28.1. The van der Waals surface area contributed by atoms with Crippen LogP contribution in [-0.4, -0.2) is 15.8 Å². The van der Waals surface area contributed by atoms with Crippen molar-refractivity contribution in [3.05, 3.63) is 414 Å². The molecule has 0 bridgehead atoms. The number of benzene rings is 17. The second-order valence-electron chi connectivity index (χ2n) is 41.0. The summed E-state index contributed by atoms with van der Waals surface area (Å²) in [5, 5.41) is 4.67. The van der Waals surface area contributed by atoms with E-state index in [2.05, 4.69) is 414 Å². The van der Waals surface area contributed by atoms with Crippen molar-refractivity contribution in [2.24, 2.45) is 0 Å². The van der Waals surface area contributed by atoms with Gasteiger partial charge in [-0.25, -0.2) is 0 Å². The Bertz CT molecular complexity index is 8140. The van der Waals surface area contributed by atoms with Crippen LogP contribution in [0.1, 0.15) is 165 Å². The maximum absolute atomic E-state index is 10.4. The lowest BCUT2D eigenvalue weighted by atomic mass is 9.33. The SMILES string of the molecule is [2H]c1c([2H])c([2H])c2c(c1[2H])-c1c([2H])c([2H])c([2H])c([2H])c1C21c2ccccc2-c2cccc(-c3ccc4c(c3)B3c5ccc(-n6c7ccc(C(C)(C)C)cc7c7ccc(C(C)(C)C)cc76)cc5N(c5ccc(C(C)(C)C)cc5-c5ccccc5)c5cc(-n6c7ccc(C(C)(C)C)cc7c7cc(C(C)(C)C)ccc76)cc(c53)N4c3c(-c4ccccc4)cc(-c4ccccc4)cc3-c3ccccc3)c21. The molecule has 4 heterocycles. The van der Waals surface area contributed by atoms with E-state index in [9.17, 15) is 11.0 Å². The van der Waals surface area contributed by atoms with E-state index in [1.165, 1.54) is 38.6 Å². The maximum Gasteiger partial charge on any atom is 0.252 e. The smallest absolute Gasteiger partial charge is 0.252 e. The summed E-state index contributed by atoms with van der Waals surface area (Å²) in [6.45, 7) is 34.0. The van der Waals surface area contributed by atoms with Crippen LogP contribution < -0.4 is 26.2 Å². The predicted octanol–water partition coefficient (Wildman–Crippen LogP) is 31.1. The van der Waals surface area contributed by atoms with E-state index in [1.54, 1.807) is 0 Å². The molecule has 0 radical (unpaired) electrons. The second-order valence-corrected chi connectivity index (χ2v) is 41.0. The van der Waals surface area contributed by atoms with Crippen molar-refractivity contribution in [1.82, 2.24) is 9.13 Å². The molecule has 0 fully saturated rings. The summed E-state index contributed by atoms with van der Waals surface area (Å²) in [4.78, 5) is 5.24. The Morgan fingerprint density at radius 1 is 0.250 bits per heavy atom. The van der Waals surface area contributed by atoms with Gasteiger partial charge in [0.25, 0.3) is 6.71 Å². The minimum absolute atomic E-state index is 0.0680. The van der Waals surface area contributed by atoms with E-state index in [0.717, 1.165) is 161 Å². The third-order valence-electron chi connectivity index (χ3n) is 28.1. The molecule has 0 saturated heterocycles. The standard InChI is InChI=1S/C123H105BN4/c1-118(2,3)82-53-61-106(95(68-82)77-37-22-17-23-38-77)127-112-73-87(125-107-62-54-83(119(4,5)6)69-98(107)93-58-52-86(72-111(93)125)122(13,14)15)57-59-104(112)124-105-67-80(89-46-34-47-94-92-45-30-33-50-103(92)123(115(89)94)101-48-31-28-43-90(101)91-44-29-32-49-102(91)123)51-60-110(105)128(117-96(78-39-24-18-25-40-78)65-81(76-35-20-16-21-36-76)66-97(117)79-41-26-19-27-42-79)114-75-88(74-113(127)116(114)124)126-108-63-55-84(120(7,8)9)70-99(108)100-71-85(121(10,11)12)56-64-109(100)126/h16-75H,1-15H3/i28D,29D,31D,32D,43D,44D,48D,49D. The van der Waals surface area contributed by atoms with Gasteiger partial charge in [-0.3, -0.25) is 0 Å². The van der Waals surface area contributed by atoms with Crippen molar-refractivity contribution in [2.45, 2.75) is 136 Å². The highest BCUT2D eigenvalue weighted by Crippen LogP contribution is 2.65. The Labute approximate surface area is 765 Å². The first kappa shape index (κ1) is 70.2. The number of hydrogen-bond donors (Lipinski definition) is 0. The highest BCUT2D eigenvalue weighted by molar-refractivity contribution is 7.00. The van der Waals surface area contributed by atoms with Gasteiger partial charge in [0.1, 0.15) is 0 Å². The molecular weight excluding hydrogens is 1540 g/mol. The zero-order valence-electron chi connectivity index (χ0n) is 83.4. The van der Waals surface area contributed by atoms with Crippen LogP contribution in [0.5, 0.6) is 0 Å². The van der Waals surface area contributed by atoms with Gasteiger partial charge in [0.15, 0.2) is 0 Å². The van der Waals surface area contributed by atoms with Crippen LogP contribution in [0.3, 0.4) is 0 Å². The van der Waals surface area contributed by atoms with E-state index >= 15 is 0 Å². The number of nitrogens with zero attached hydrogens (tertiary/aromatic N) is 4. The lowest BCUT2D eigenvalue weighted by Crippen LogP contribution is -2.61. The summed E-state index contributed by atoms with van der Waals surface area (Å²) in [5.41, 5.74) is 31.8. The fraction of sp³-hybridized carbons (Fsp3) is 0.171. The van der Waals surface area contributed by atoms with Gasteiger partial charge in [0.05, 0.1) is 55.5 Å². The molecule has 1 spiro atoms. The van der Waals surface area contributed by atoms with Gasteiger partial charge in [0, 0.05) is 66.7 Å². The van der Waals surface area contributed by atoms with E-state index in [0.29, 0.717) is 11.1 Å². The first-order valence-electron chi connectivity index (χ1n) is 49.2. The molecule has 2 aliphatic carbocycles. The van der Waals surface area contributed by atoms with E-state index < -0.39 is 36.3 Å². The molecule has 0 unspecified atom stereocenters. The van der Waals surface area contributed by atoms with Crippen LogP contribution in [0.25, 0.3) is 133 Å². The van der Waals surface area contributed by atoms with Gasteiger partial charge in [-0.2, -0.15) is 0 Å². The van der Waals surface area contributed by atoms with Gasteiger partial charge in [-0.05, 0) is 252 Å². The minimum atomic E-state index is -1.72. The van der Waals surface area contributed by atoms with Gasteiger partial charge in [-0.1, -0.05) is 371 Å². The van der Waals surface area contributed by atoms with Gasteiger partial charge in [-0.15, -0.1) is 0 Å². The minimum Gasteiger partial charge on any atom is -0.311 e. The highest BCUT2D eigenvalue weighted by Gasteiger charge is 2.54. The monoisotopic (exact) mass is 1660 g/mol. The van der Waals surface area contributed by atoms with Crippen molar-refractivity contribution in [2.75, 3.05) is 9.80 Å². The largest absolute Gasteiger partial charge is 0.311 e. The first-order valence-corrected chi connectivity index (χ1v) is 45.2. The van der Waals surface area contributed by atoms with Gasteiger partial charge in [0.2, 0.25) is 0 Å². The first-order chi connectivity index (χ1) is 65.0. The van der Waals surface area contributed by atoms with Crippen molar-refractivity contribution >= 4 is 101 Å². The Kier molecular flexibility index (Phi) is 15.6. The maximum atomic E-state index is 10.4. The van der Waals surface area contributed by atoms with Gasteiger partial charge < -0.3 is 18.9 Å². The van der Waals surface area contributed by atoms with Gasteiger partial charge >= 0.3 is 0 Å². The fourth-order valence-corrected chi connectivity index (χ4v) is 21.6.